The van der Waals surface area contributed by atoms with Gasteiger partial charge in [-0.25, -0.2) is 0 Å². The molecule has 1 aliphatic rings. The quantitative estimate of drug-likeness (QED) is 0.687. The van der Waals surface area contributed by atoms with Crippen molar-refractivity contribution >= 4 is 11.7 Å². The summed E-state index contributed by atoms with van der Waals surface area (Å²) in [4.78, 5) is 11.3. The van der Waals surface area contributed by atoms with E-state index in [1.165, 1.54) is 0 Å². The molecule has 3 N–H and O–H groups in total. The minimum atomic E-state index is -0.224. The summed E-state index contributed by atoms with van der Waals surface area (Å²) in [7, 11) is 1.57. The van der Waals surface area contributed by atoms with Crippen LogP contribution in [-0.4, -0.2) is 41.8 Å². The number of amides is 1. The van der Waals surface area contributed by atoms with Crippen LogP contribution in [-0.2, 0) is 0 Å². The van der Waals surface area contributed by atoms with E-state index in [9.17, 15) is 4.79 Å². The maximum Gasteiger partial charge on any atom is 0.271 e. The molecular formula is C11H17N5O. The van der Waals surface area contributed by atoms with Gasteiger partial charge in [-0.3, -0.25) is 4.79 Å². The Hall–Kier alpha value is -1.69. The van der Waals surface area contributed by atoms with Crippen molar-refractivity contribution in [3.05, 3.63) is 17.8 Å². The molecule has 92 valence electrons. The van der Waals surface area contributed by atoms with Gasteiger partial charge in [-0.1, -0.05) is 0 Å². The van der Waals surface area contributed by atoms with Crippen molar-refractivity contribution in [1.82, 2.24) is 20.8 Å². The maximum atomic E-state index is 11.3. The van der Waals surface area contributed by atoms with E-state index in [4.69, 9.17) is 0 Å². The molecule has 1 unspecified atom stereocenters. The highest BCUT2D eigenvalue weighted by atomic mass is 16.1. The van der Waals surface area contributed by atoms with Crippen molar-refractivity contribution in [1.29, 1.82) is 0 Å². The standard InChI is InChI=1S/C11H17N5O/c1-11(5-6-13-7-11)14-9-4-3-8(15-16-9)10(17)12-2/h3-4,13H,5-7H2,1-2H3,(H,12,17)(H,14,16). The average Bonchev–Trinajstić information content (AvgIpc) is 2.76. The number of hydrogen-bond acceptors (Lipinski definition) is 5. The molecule has 0 saturated carbocycles. The van der Waals surface area contributed by atoms with Crippen LogP contribution >= 0.6 is 0 Å². The summed E-state index contributed by atoms with van der Waals surface area (Å²) < 4.78 is 0. The number of hydrogen-bond donors (Lipinski definition) is 3. The predicted octanol–water partition coefficient (Wildman–Crippen LogP) is 0.0001000. The molecule has 6 heteroatoms. The van der Waals surface area contributed by atoms with Gasteiger partial charge in [-0.2, -0.15) is 0 Å². The molecule has 1 aliphatic heterocycles. The number of aromatic nitrogens is 2. The zero-order valence-electron chi connectivity index (χ0n) is 10.1. The fraction of sp³-hybridized carbons (Fsp3) is 0.545. The SMILES string of the molecule is CNC(=O)c1ccc(NC2(C)CCNC2)nn1. The Morgan fingerprint density at radius 1 is 1.47 bits per heavy atom. The van der Waals surface area contributed by atoms with Gasteiger partial charge >= 0.3 is 0 Å². The van der Waals surface area contributed by atoms with Crippen molar-refractivity contribution in [3.63, 3.8) is 0 Å². The largest absolute Gasteiger partial charge is 0.362 e. The zero-order valence-corrected chi connectivity index (χ0v) is 10.1. The first-order valence-corrected chi connectivity index (χ1v) is 5.68. The molecule has 1 aromatic heterocycles. The Kier molecular flexibility index (Phi) is 3.23. The fourth-order valence-corrected chi connectivity index (χ4v) is 1.88. The molecule has 1 fully saturated rings. The van der Waals surface area contributed by atoms with Crippen molar-refractivity contribution in [2.45, 2.75) is 18.9 Å². The Balaban J connectivity index is 2.05. The third-order valence-electron chi connectivity index (χ3n) is 2.92. The van der Waals surface area contributed by atoms with Gasteiger partial charge in [0.1, 0.15) is 5.82 Å². The molecule has 1 amide bonds. The molecule has 0 radical (unpaired) electrons. The number of nitrogens with one attached hydrogen (secondary N) is 3. The summed E-state index contributed by atoms with van der Waals surface area (Å²) in [5.41, 5.74) is 0.344. The van der Waals surface area contributed by atoms with Gasteiger partial charge in [0, 0.05) is 19.1 Å². The van der Waals surface area contributed by atoms with Crippen LogP contribution < -0.4 is 16.0 Å². The summed E-state index contributed by atoms with van der Waals surface area (Å²) in [6.45, 7) is 4.06. The molecule has 0 aromatic carbocycles. The Morgan fingerprint density at radius 3 is 2.82 bits per heavy atom. The average molecular weight is 235 g/mol. The van der Waals surface area contributed by atoms with Gasteiger partial charge in [0.15, 0.2) is 5.69 Å². The molecular weight excluding hydrogens is 218 g/mol. The van der Waals surface area contributed by atoms with E-state index >= 15 is 0 Å². The lowest BCUT2D eigenvalue weighted by Crippen LogP contribution is -2.37. The van der Waals surface area contributed by atoms with Gasteiger partial charge < -0.3 is 16.0 Å². The highest BCUT2D eigenvalue weighted by molar-refractivity contribution is 5.91. The lowest BCUT2D eigenvalue weighted by molar-refractivity contribution is 0.0957. The first-order chi connectivity index (χ1) is 8.13. The van der Waals surface area contributed by atoms with E-state index in [1.54, 1.807) is 19.2 Å². The van der Waals surface area contributed by atoms with Crippen LogP contribution in [0.4, 0.5) is 5.82 Å². The van der Waals surface area contributed by atoms with E-state index in [-0.39, 0.29) is 11.4 Å². The molecule has 17 heavy (non-hydrogen) atoms. The van der Waals surface area contributed by atoms with Crippen LogP contribution in [0.5, 0.6) is 0 Å². The zero-order chi connectivity index (χ0) is 12.3. The highest BCUT2D eigenvalue weighted by Gasteiger charge is 2.28. The number of rotatable bonds is 3. The Labute approximate surface area is 100 Å². The van der Waals surface area contributed by atoms with Crippen LogP contribution in [0.1, 0.15) is 23.8 Å². The highest BCUT2D eigenvalue weighted by Crippen LogP contribution is 2.19. The number of anilines is 1. The van der Waals surface area contributed by atoms with Crippen molar-refractivity contribution < 1.29 is 4.79 Å². The summed E-state index contributed by atoms with van der Waals surface area (Å²) in [6, 6.07) is 3.45. The van der Waals surface area contributed by atoms with Crippen LogP contribution in [0.3, 0.4) is 0 Å². The van der Waals surface area contributed by atoms with Crippen molar-refractivity contribution in [3.8, 4) is 0 Å². The summed E-state index contributed by atoms with van der Waals surface area (Å²) in [6.07, 6.45) is 1.05. The van der Waals surface area contributed by atoms with Crippen LogP contribution in [0.25, 0.3) is 0 Å². The molecule has 1 atom stereocenters. The molecule has 1 aromatic rings. The maximum absolute atomic E-state index is 11.3. The molecule has 0 aliphatic carbocycles. The smallest absolute Gasteiger partial charge is 0.271 e. The van der Waals surface area contributed by atoms with E-state index in [1.807, 2.05) is 0 Å². The van der Waals surface area contributed by atoms with Gasteiger partial charge in [-0.05, 0) is 32.0 Å². The first-order valence-electron chi connectivity index (χ1n) is 5.68. The molecule has 0 spiro atoms. The summed E-state index contributed by atoms with van der Waals surface area (Å²) in [5, 5.41) is 17.0. The van der Waals surface area contributed by atoms with Gasteiger partial charge in [0.2, 0.25) is 0 Å². The van der Waals surface area contributed by atoms with Gasteiger partial charge in [0.25, 0.3) is 5.91 Å². The third kappa shape index (κ3) is 2.71. The Morgan fingerprint density at radius 2 is 2.29 bits per heavy atom. The minimum Gasteiger partial charge on any atom is -0.362 e. The van der Waals surface area contributed by atoms with E-state index in [0.717, 1.165) is 19.5 Å². The van der Waals surface area contributed by atoms with E-state index in [2.05, 4.69) is 33.1 Å². The lowest BCUT2D eigenvalue weighted by Gasteiger charge is -2.24. The molecule has 6 nitrogen and oxygen atoms in total. The van der Waals surface area contributed by atoms with Crippen molar-refractivity contribution in [2.75, 3.05) is 25.5 Å². The first kappa shape index (κ1) is 11.8. The predicted molar refractivity (Wildman–Crippen MR) is 64.9 cm³/mol. The second kappa shape index (κ2) is 4.67. The third-order valence-corrected chi connectivity index (χ3v) is 2.92. The molecule has 2 rings (SSSR count). The van der Waals surface area contributed by atoms with Crippen LogP contribution in [0, 0.1) is 0 Å². The second-order valence-corrected chi connectivity index (χ2v) is 4.50. The monoisotopic (exact) mass is 235 g/mol. The fourth-order valence-electron chi connectivity index (χ4n) is 1.88. The van der Waals surface area contributed by atoms with Gasteiger partial charge in [0.05, 0.1) is 0 Å². The molecule has 2 heterocycles. The summed E-state index contributed by atoms with van der Waals surface area (Å²) >= 11 is 0. The second-order valence-electron chi connectivity index (χ2n) is 4.50. The molecule has 1 saturated heterocycles. The Bertz CT molecular complexity index is 397. The number of nitrogens with zero attached hydrogens (tertiary/aromatic N) is 2. The van der Waals surface area contributed by atoms with Crippen LogP contribution in [0.15, 0.2) is 12.1 Å². The normalized spacial score (nSPS) is 23.4. The van der Waals surface area contributed by atoms with E-state index in [0.29, 0.717) is 11.5 Å². The number of carbonyl (C=O) groups excluding carboxylic acids is 1. The van der Waals surface area contributed by atoms with Crippen molar-refractivity contribution in [2.24, 2.45) is 0 Å². The number of carbonyl (C=O) groups is 1. The topological polar surface area (TPSA) is 78.9 Å². The summed E-state index contributed by atoms with van der Waals surface area (Å²) in [5.74, 6) is 0.474. The molecule has 0 bridgehead atoms. The van der Waals surface area contributed by atoms with E-state index < -0.39 is 0 Å². The minimum absolute atomic E-state index is 0.0171. The lowest BCUT2D eigenvalue weighted by atomic mass is 10.0. The van der Waals surface area contributed by atoms with Gasteiger partial charge in [-0.15, -0.1) is 10.2 Å². The van der Waals surface area contributed by atoms with Crippen LogP contribution in [0.2, 0.25) is 0 Å².